The number of benzene rings is 2. The monoisotopic (exact) mass is 432 g/mol. The van der Waals surface area contributed by atoms with Crippen molar-refractivity contribution in [3.05, 3.63) is 82.6 Å². The van der Waals surface area contributed by atoms with E-state index in [0.717, 1.165) is 27.8 Å². The molecule has 156 valence electrons. The molecule has 0 atom stereocenters. The standard InChI is InChI=1S/C23H21ClN6O/c1-14-5-3-7-17-20(14)29-23(25-2)30-21(17)27-12-15-8-9-19(18(24)11-15)28-22(31)16-6-4-10-26-13-16/h3-11,13H,12H2,1-2H3,(H,28,31)(H2,25,27,29,30). The van der Waals surface area contributed by atoms with Crippen LogP contribution >= 0.6 is 11.6 Å². The molecule has 4 rings (SSSR count). The summed E-state index contributed by atoms with van der Waals surface area (Å²) in [6, 6.07) is 14.9. The van der Waals surface area contributed by atoms with Gasteiger partial charge in [-0.2, -0.15) is 4.98 Å². The van der Waals surface area contributed by atoms with Crippen molar-refractivity contribution in [1.82, 2.24) is 15.0 Å². The van der Waals surface area contributed by atoms with Crippen LogP contribution in [0.3, 0.4) is 0 Å². The number of carbonyl (C=O) groups is 1. The number of nitrogens with zero attached hydrogens (tertiary/aromatic N) is 3. The van der Waals surface area contributed by atoms with E-state index in [9.17, 15) is 4.79 Å². The van der Waals surface area contributed by atoms with Gasteiger partial charge in [-0.15, -0.1) is 0 Å². The molecule has 0 radical (unpaired) electrons. The van der Waals surface area contributed by atoms with Gasteiger partial charge in [-0.05, 0) is 48.4 Å². The van der Waals surface area contributed by atoms with Gasteiger partial charge in [0.1, 0.15) is 5.82 Å². The fourth-order valence-electron chi connectivity index (χ4n) is 3.19. The molecule has 2 aromatic carbocycles. The van der Waals surface area contributed by atoms with Crippen LogP contribution in [0.15, 0.2) is 60.9 Å². The van der Waals surface area contributed by atoms with Crippen LogP contribution in [0.2, 0.25) is 5.02 Å². The van der Waals surface area contributed by atoms with Crippen LogP contribution < -0.4 is 16.0 Å². The molecule has 0 unspecified atom stereocenters. The van der Waals surface area contributed by atoms with Crippen molar-refractivity contribution in [1.29, 1.82) is 0 Å². The highest BCUT2D eigenvalue weighted by molar-refractivity contribution is 6.34. The third kappa shape index (κ3) is 4.57. The van der Waals surface area contributed by atoms with E-state index in [2.05, 4.69) is 30.9 Å². The number of anilines is 3. The Bertz CT molecular complexity index is 1250. The van der Waals surface area contributed by atoms with Crippen molar-refractivity contribution in [3.63, 3.8) is 0 Å². The molecule has 0 aliphatic carbocycles. The number of carbonyl (C=O) groups excluding carboxylic acids is 1. The predicted molar refractivity (Wildman–Crippen MR) is 125 cm³/mol. The molecule has 1 amide bonds. The van der Waals surface area contributed by atoms with Crippen molar-refractivity contribution >= 4 is 45.9 Å². The van der Waals surface area contributed by atoms with Gasteiger partial charge >= 0.3 is 0 Å². The van der Waals surface area contributed by atoms with Crippen molar-refractivity contribution in [2.75, 3.05) is 23.0 Å². The summed E-state index contributed by atoms with van der Waals surface area (Å²) in [7, 11) is 1.79. The predicted octanol–water partition coefficient (Wildman–Crippen LogP) is 4.89. The first-order valence-corrected chi connectivity index (χ1v) is 10.1. The van der Waals surface area contributed by atoms with Gasteiger partial charge in [0.05, 0.1) is 21.8 Å². The maximum absolute atomic E-state index is 12.3. The van der Waals surface area contributed by atoms with Crippen molar-refractivity contribution in [2.24, 2.45) is 0 Å². The van der Waals surface area contributed by atoms with Crippen molar-refractivity contribution in [3.8, 4) is 0 Å². The van der Waals surface area contributed by atoms with E-state index in [1.807, 2.05) is 37.3 Å². The summed E-state index contributed by atoms with van der Waals surface area (Å²) in [4.78, 5) is 25.4. The summed E-state index contributed by atoms with van der Waals surface area (Å²) in [6.45, 7) is 2.54. The average Bonchev–Trinajstić information content (AvgIpc) is 2.80. The second kappa shape index (κ2) is 8.97. The van der Waals surface area contributed by atoms with Gasteiger partial charge in [0, 0.05) is 31.4 Å². The second-order valence-electron chi connectivity index (χ2n) is 6.98. The topological polar surface area (TPSA) is 91.8 Å². The number of pyridine rings is 1. The number of hydrogen-bond acceptors (Lipinski definition) is 6. The lowest BCUT2D eigenvalue weighted by Crippen LogP contribution is -2.12. The molecule has 0 spiro atoms. The van der Waals surface area contributed by atoms with E-state index in [1.54, 1.807) is 31.4 Å². The Kier molecular flexibility index (Phi) is 5.95. The fraction of sp³-hybridized carbons (Fsp3) is 0.130. The average molecular weight is 433 g/mol. The number of rotatable bonds is 6. The van der Waals surface area contributed by atoms with Gasteiger partial charge < -0.3 is 16.0 Å². The minimum atomic E-state index is -0.261. The zero-order valence-corrected chi connectivity index (χ0v) is 17.9. The summed E-state index contributed by atoms with van der Waals surface area (Å²) in [5, 5.41) is 10.6. The summed E-state index contributed by atoms with van der Waals surface area (Å²) in [5.41, 5.74) is 3.94. The fourth-order valence-corrected chi connectivity index (χ4v) is 3.44. The van der Waals surface area contributed by atoms with Crippen molar-refractivity contribution < 1.29 is 4.79 Å². The maximum atomic E-state index is 12.3. The van der Waals surface area contributed by atoms with Gasteiger partial charge in [-0.3, -0.25) is 9.78 Å². The summed E-state index contributed by atoms with van der Waals surface area (Å²) in [6.07, 6.45) is 3.13. The quantitative estimate of drug-likeness (QED) is 0.401. The Hall–Kier alpha value is -3.71. The van der Waals surface area contributed by atoms with Gasteiger partial charge in [-0.1, -0.05) is 29.8 Å². The summed E-state index contributed by atoms with van der Waals surface area (Å²) in [5.74, 6) is 1.03. The van der Waals surface area contributed by atoms with Crippen LogP contribution in [0.5, 0.6) is 0 Å². The molecule has 0 fully saturated rings. The van der Waals surface area contributed by atoms with Crippen molar-refractivity contribution in [2.45, 2.75) is 13.5 Å². The normalized spacial score (nSPS) is 10.7. The highest BCUT2D eigenvalue weighted by atomic mass is 35.5. The van der Waals surface area contributed by atoms with Crippen LogP contribution in [0.25, 0.3) is 10.9 Å². The molecule has 8 heteroatoms. The van der Waals surface area contributed by atoms with Crippen LogP contribution in [0, 0.1) is 6.92 Å². The molecule has 0 saturated carbocycles. The van der Waals surface area contributed by atoms with E-state index < -0.39 is 0 Å². The first-order valence-electron chi connectivity index (χ1n) is 9.74. The highest BCUT2D eigenvalue weighted by Crippen LogP contribution is 2.27. The number of nitrogens with one attached hydrogen (secondary N) is 3. The third-order valence-corrected chi connectivity index (χ3v) is 5.13. The highest BCUT2D eigenvalue weighted by Gasteiger charge is 2.11. The first-order chi connectivity index (χ1) is 15.0. The number of para-hydroxylation sites is 1. The lowest BCUT2D eigenvalue weighted by molar-refractivity contribution is 0.102. The number of fused-ring (bicyclic) bond motifs is 1. The van der Waals surface area contributed by atoms with E-state index >= 15 is 0 Å². The molecule has 2 heterocycles. The Balaban J connectivity index is 1.52. The second-order valence-corrected chi connectivity index (χ2v) is 7.39. The number of aryl methyl sites for hydroxylation is 1. The SMILES string of the molecule is CNc1nc(NCc2ccc(NC(=O)c3cccnc3)c(Cl)c2)c2cccc(C)c2n1. The largest absolute Gasteiger partial charge is 0.365 e. The van der Waals surface area contributed by atoms with Crippen LogP contribution in [0.4, 0.5) is 17.5 Å². The molecule has 0 aliphatic rings. The molecule has 0 bridgehead atoms. The smallest absolute Gasteiger partial charge is 0.257 e. The molecule has 7 nitrogen and oxygen atoms in total. The summed E-state index contributed by atoms with van der Waals surface area (Å²) >= 11 is 6.41. The Morgan fingerprint density at radius 2 is 1.97 bits per heavy atom. The van der Waals surface area contributed by atoms with E-state index in [1.165, 1.54) is 6.20 Å². The molecule has 2 aromatic heterocycles. The van der Waals surface area contributed by atoms with E-state index in [-0.39, 0.29) is 5.91 Å². The molecular formula is C23H21ClN6O. The van der Waals surface area contributed by atoms with Crippen LogP contribution in [0.1, 0.15) is 21.5 Å². The molecule has 0 aliphatic heterocycles. The summed E-state index contributed by atoms with van der Waals surface area (Å²) < 4.78 is 0. The van der Waals surface area contributed by atoms with Crippen LogP contribution in [-0.4, -0.2) is 27.9 Å². The lowest BCUT2D eigenvalue weighted by Gasteiger charge is -2.13. The zero-order chi connectivity index (χ0) is 21.8. The lowest BCUT2D eigenvalue weighted by atomic mass is 10.1. The minimum Gasteiger partial charge on any atom is -0.365 e. The van der Waals surface area contributed by atoms with Gasteiger partial charge in [0.2, 0.25) is 5.95 Å². The first kappa shape index (κ1) is 20.6. The minimum absolute atomic E-state index is 0.261. The molecular weight excluding hydrogens is 412 g/mol. The van der Waals surface area contributed by atoms with E-state index in [0.29, 0.717) is 28.8 Å². The van der Waals surface area contributed by atoms with Gasteiger partial charge in [0.25, 0.3) is 5.91 Å². The third-order valence-electron chi connectivity index (χ3n) is 4.82. The Morgan fingerprint density at radius 1 is 1.10 bits per heavy atom. The van der Waals surface area contributed by atoms with Gasteiger partial charge in [-0.25, -0.2) is 4.98 Å². The number of hydrogen-bond donors (Lipinski definition) is 3. The number of aromatic nitrogens is 3. The maximum Gasteiger partial charge on any atom is 0.257 e. The Labute approximate surface area is 184 Å². The number of halogens is 1. The Morgan fingerprint density at radius 3 is 2.71 bits per heavy atom. The zero-order valence-electron chi connectivity index (χ0n) is 17.1. The molecule has 4 aromatic rings. The van der Waals surface area contributed by atoms with Gasteiger partial charge in [0.15, 0.2) is 0 Å². The molecule has 31 heavy (non-hydrogen) atoms. The molecule has 0 saturated heterocycles. The van der Waals surface area contributed by atoms with E-state index in [4.69, 9.17) is 11.6 Å². The molecule has 3 N–H and O–H groups in total. The van der Waals surface area contributed by atoms with Crippen LogP contribution in [-0.2, 0) is 6.54 Å². The number of amides is 1.